The molecule has 27 heavy (non-hydrogen) atoms. The van der Waals surface area contributed by atoms with Crippen molar-refractivity contribution in [3.8, 4) is 0 Å². The Labute approximate surface area is 166 Å². The van der Waals surface area contributed by atoms with Crippen molar-refractivity contribution in [3.05, 3.63) is 0 Å². The fourth-order valence-electron chi connectivity index (χ4n) is 3.62. The fraction of sp³-hybridized carbons (Fsp3) is 0.842. The topological polar surface area (TPSA) is 79.0 Å². The Balaban J connectivity index is 1.78. The van der Waals surface area contributed by atoms with E-state index in [4.69, 9.17) is 4.74 Å². The van der Waals surface area contributed by atoms with Gasteiger partial charge in [0, 0.05) is 38.9 Å². The number of hydrogen-bond donors (Lipinski definition) is 1. The fourth-order valence-corrected chi connectivity index (χ4v) is 4.22. The number of morpholine rings is 1. The summed E-state index contributed by atoms with van der Waals surface area (Å²) in [4.78, 5) is 39.5. The van der Waals surface area contributed by atoms with Gasteiger partial charge in [0.15, 0.2) is 5.12 Å². The summed E-state index contributed by atoms with van der Waals surface area (Å²) in [6.45, 7) is 5.02. The lowest BCUT2D eigenvalue weighted by Crippen LogP contribution is -2.49. The Bertz CT molecular complexity index is 491. The average Bonchev–Trinajstić information content (AvgIpc) is 2.69. The van der Waals surface area contributed by atoms with Crippen molar-refractivity contribution in [1.82, 2.24) is 15.1 Å². The molecule has 0 aromatic rings. The van der Waals surface area contributed by atoms with Gasteiger partial charge >= 0.3 is 6.03 Å². The van der Waals surface area contributed by atoms with Crippen molar-refractivity contribution in [2.45, 2.75) is 45.4 Å². The van der Waals surface area contributed by atoms with Crippen LogP contribution in [0.5, 0.6) is 0 Å². The number of amides is 3. The van der Waals surface area contributed by atoms with Crippen LogP contribution in [-0.4, -0.2) is 78.5 Å². The third kappa shape index (κ3) is 8.51. The molecular formula is C19H33N3O4S. The van der Waals surface area contributed by atoms with Crippen LogP contribution < -0.4 is 5.32 Å². The molecule has 0 aromatic carbocycles. The van der Waals surface area contributed by atoms with Gasteiger partial charge in [0.25, 0.3) is 0 Å². The van der Waals surface area contributed by atoms with Crippen molar-refractivity contribution < 1.29 is 19.1 Å². The molecule has 0 aromatic heterocycles. The number of nitrogens with zero attached hydrogens (tertiary/aromatic N) is 2. The van der Waals surface area contributed by atoms with Crippen molar-refractivity contribution in [3.63, 3.8) is 0 Å². The molecule has 1 N–H and O–H groups in total. The van der Waals surface area contributed by atoms with Crippen LogP contribution in [0.3, 0.4) is 0 Å². The Kier molecular flexibility index (Phi) is 9.97. The molecule has 8 heteroatoms. The molecule has 2 rings (SSSR count). The number of urea groups is 1. The predicted molar refractivity (Wildman–Crippen MR) is 107 cm³/mol. The Morgan fingerprint density at radius 2 is 1.81 bits per heavy atom. The zero-order valence-electron chi connectivity index (χ0n) is 16.4. The van der Waals surface area contributed by atoms with Crippen LogP contribution in [0.1, 0.15) is 45.4 Å². The molecule has 1 saturated carbocycles. The minimum atomic E-state index is -0.212. The molecule has 154 valence electrons. The van der Waals surface area contributed by atoms with Crippen molar-refractivity contribution in [2.24, 2.45) is 5.92 Å². The van der Waals surface area contributed by atoms with Crippen LogP contribution >= 0.6 is 11.8 Å². The van der Waals surface area contributed by atoms with E-state index < -0.39 is 0 Å². The number of carbonyl (C=O) groups excluding carboxylic acids is 3. The summed E-state index contributed by atoms with van der Waals surface area (Å²) in [7, 11) is 0. The maximum atomic E-state index is 12.6. The molecule has 7 nitrogen and oxygen atoms in total. The molecule has 0 spiro atoms. The number of carbonyl (C=O) groups is 3. The minimum Gasteiger partial charge on any atom is -0.378 e. The van der Waals surface area contributed by atoms with Gasteiger partial charge in [-0.3, -0.25) is 9.59 Å². The number of rotatable bonds is 8. The van der Waals surface area contributed by atoms with Crippen LogP contribution in [0.15, 0.2) is 0 Å². The Morgan fingerprint density at radius 3 is 2.48 bits per heavy atom. The van der Waals surface area contributed by atoms with E-state index in [9.17, 15) is 14.4 Å². The number of thioether (sulfide) groups is 1. The van der Waals surface area contributed by atoms with Crippen LogP contribution in [0.2, 0.25) is 0 Å². The van der Waals surface area contributed by atoms with E-state index in [0.29, 0.717) is 51.1 Å². The van der Waals surface area contributed by atoms with E-state index in [-0.39, 0.29) is 23.6 Å². The Hall–Kier alpha value is -1.28. The Morgan fingerprint density at radius 1 is 1.11 bits per heavy atom. The standard InChI is InChI=1S/C19H33N3O4S/c1-16(23)27-14-11-22(8-7-17-5-3-2-4-6-17)19(25)20-15-18(24)21-9-12-26-13-10-21/h17H,2-15H2,1H3,(H,20,25). The predicted octanol–water partition coefficient (Wildman–Crippen LogP) is 2.11. The third-order valence-electron chi connectivity index (χ3n) is 5.24. The van der Waals surface area contributed by atoms with Crippen LogP contribution in [0.25, 0.3) is 0 Å². The molecule has 0 bridgehead atoms. The summed E-state index contributed by atoms with van der Waals surface area (Å²) in [5.41, 5.74) is 0. The highest BCUT2D eigenvalue weighted by Crippen LogP contribution is 2.26. The highest BCUT2D eigenvalue weighted by Gasteiger charge is 2.21. The maximum Gasteiger partial charge on any atom is 0.317 e. The summed E-state index contributed by atoms with van der Waals surface area (Å²) < 4.78 is 5.25. The maximum absolute atomic E-state index is 12.6. The monoisotopic (exact) mass is 399 g/mol. The van der Waals surface area contributed by atoms with E-state index >= 15 is 0 Å². The van der Waals surface area contributed by atoms with Gasteiger partial charge in [0.05, 0.1) is 19.8 Å². The highest BCUT2D eigenvalue weighted by atomic mass is 32.2. The van der Waals surface area contributed by atoms with Crippen molar-refractivity contribution >= 4 is 28.8 Å². The molecule has 0 radical (unpaired) electrons. The van der Waals surface area contributed by atoms with E-state index in [1.54, 1.807) is 9.80 Å². The smallest absolute Gasteiger partial charge is 0.317 e. The summed E-state index contributed by atoms with van der Waals surface area (Å²) in [6, 6.07) is -0.212. The van der Waals surface area contributed by atoms with Crippen LogP contribution in [0.4, 0.5) is 4.79 Å². The number of nitrogens with one attached hydrogen (secondary N) is 1. The van der Waals surface area contributed by atoms with E-state index in [1.807, 2.05) is 0 Å². The highest BCUT2D eigenvalue weighted by molar-refractivity contribution is 8.13. The van der Waals surface area contributed by atoms with Crippen molar-refractivity contribution in [1.29, 1.82) is 0 Å². The molecule has 1 saturated heterocycles. The van der Waals surface area contributed by atoms with E-state index in [1.165, 1.54) is 50.8 Å². The lowest BCUT2D eigenvalue weighted by Gasteiger charge is -2.29. The molecular weight excluding hydrogens is 366 g/mol. The summed E-state index contributed by atoms with van der Waals surface area (Å²) in [6.07, 6.45) is 7.37. The quantitative estimate of drug-likeness (QED) is 0.676. The van der Waals surface area contributed by atoms with Gasteiger partial charge in [0.1, 0.15) is 0 Å². The average molecular weight is 400 g/mol. The molecule has 0 unspecified atom stereocenters. The van der Waals surface area contributed by atoms with Gasteiger partial charge in [-0.15, -0.1) is 0 Å². The van der Waals surface area contributed by atoms with Crippen LogP contribution in [0, 0.1) is 5.92 Å². The first-order chi connectivity index (χ1) is 13.1. The van der Waals surface area contributed by atoms with Gasteiger partial charge in [0.2, 0.25) is 5.91 Å². The van der Waals surface area contributed by atoms with Gasteiger partial charge in [-0.1, -0.05) is 43.9 Å². The molecule has 1 heterocycles. The molecule has 2 aliphatic rings. The second kappa shape index (κ2) is 12.2. The van der Waals surface area contributed by atoms with Gasteiger partial charge in [-0.2, -0.15) is 0 Å². The molecule has 2 fully saturated rings. The molecule has 1 aliphatic carbocycles. The molecule has 0 atom stereocenters. The van der Waals surface area contributed by atoms with Gasteiger partial charge < -0.3 is 19.9 Å². The first kappa shape index (κ1) is 22.0. The summed E-state index contributed by atoms with van der Waals surface area (Å²) >= 11 is 1.24. The third-order valence-corrected chi connectivity index (χ3v) is 6.03. The molecule has 1 aliphatic heterocycles. The second-order valence-corrected chi connectivity index (χ2v) is 8.54. The minimum absolute atomic E-state index is 0.0125. The largest absolute Gasteiger partial charge is 0.378 e. The second-order valence-electron chi connectivity index (χ2n) is 7.27. The first-order valence-corrected chi connectivity index (χ1v) is 11.1. The lowest BCUT2D eigenvalue weighted by atomic mass is 9.87. The number of ether oxygens (including phenoxy) is 1. The van der Waals surface area contributed by atoms with Gasteiger partial charge in [-0.05, 0) is 12.3 Å². The normalized spacial score (nSPS) is 18.2. The van der Waals surface area contributed by atoms with Crippen LogP contribution in [-0.2, 0) is 14.3 Å². The van der Waals surface area contributed by atoms with E-state index in [0.717, 1.165) is 6.42 Å². The summed E-state index contributed by atoms with van der Waals surface area (Å²) in [5.74, 6) is 1.20. The zero-order chi connectivity index (χ0) is 19.5. The first-order valence-electron chi connectivity index (χ1n) is 10.1. The SMILES string of the molecule is CC(=O)SCCN(CCC1CCCCC1)C(=O)NCC(=O)N1CCOCC1. The lowest BCUT2D eigenvalue weighted by molar-refractivity contribution is -0.134. The number of hydrogen-bond acceptors (Lipinski definition) is 5. The zero-order valence-corrected chi connectivity index (χ0v) is 17.2. The van der Waals surface area contributed by atoms with Gasteiger partial charge in [-0.25, -0.2) is 4.79 Å². The molecule has 3 amide bonds. The van der Waals surface area contributed by atoms with E-state index in [2.05, 4.69) is 5.32 Å². The van der Waals surface area contributed by atoms with Crippen molar-refractivity contribution in [2.75, 3.05) is 51.7 Å². The summed E-state index contributed by atoms with van der Waals surface area (Å²) in [5, 5.41) is 2.83.